The largest absolute Gasteiger partial charge is 0.378 e. The number of hydrogen-bond donors (Lipinski definition) is 0. The standard InChI is InChI=1S/C14H28O3/c1-6-12-13(15-5)11(9-16-12)10-17-14(4,7-2)8-3/h11-13H,6-10H2,1-5H3. The summed E-state index contributed by atoms with van der Waals surface area (Å²) in [5, 5.41) is 0. The molecule has 1 heterocycles. The molecular weight excluding hydrogens is 216 g/mol. The van der Waals surface area contributed by atoms with Crippen LogP contribution in [0.15, 0.2) is 0 Å². The van der Waals surface area contributed by atoms with Crippen molar-refractivity contribution in [2.45, 2.75) is 64.8 Å². The summed E-state index contributed by atoms with van der Waals surface area (Å²) in [6.45, 7) is 10.2. The van der Waals surface area contributed by atoms with Crippen LogP contribution in [0.4, 0.5) is 0 Å². The molecule has 1 saturated heterocycles. The molecule has 17 heavy (non-hydrogen) atoms. The van der Waals surface area contributed by atoms with Gasteiger partial charge in [-0.15, -0.1) is 0 Å². The van der Waals surface area contributed by atoms with E-state index in [9.17, 15) is 0 Å². The van der Waals surface area contributed by atoms with Crippen molar-refractivity contribution in [3.05, 3.63) is 0 Å². The van der Waals surface area contributed by atoms with Gasteiger partial charge < -0.3 is 14.2 Å². The van der Waals surface area contributed by atoms with Crippen LogP contribution >= 0.6 is 0 Å². The maximum Gasteiger partial charge on any atom is 0.0904 e. The summed E-state index contributed by atoms with van der Waals surface area (Å²) < 4.78 is 17.4. The maximum absolute atomic E-state index is 6.08. The molecule has 0 aromatic heterocycles. The van der Waals surface area contributed by atoms with Crippen LogP contribution < -0.4 is 0 Å². The molecule has 0 aromatic rings. The highest BCUT2D eigenvalue weighted by atomic mass is 16.6. The van der Waals surface area contributed by atoms with E-state index in [1.807, 2.05) is 0 Å². The molecule has 1 rings (SSSR count). The Bertz CT molecular complexity index is 214. The van der Waals surface area contributed by atoms with Crippen molar-refractivity contribution in [1.29, 1.82) is 0 Å². The third-order valence-electron chi connectivity index (χ3n) is 4.17. The molecule has 1 aliphatic rings. The molecule has 0 amide bonds. The highest BCUT2D eigenvalue weighted by Crippen LogP contribution is 2.28. The topological polar surface area (TPSA) is 27.7 Å². The molecule has 0 saturated carbocycles. The van der Waals surface area contributed by atoms with Gasteiger partial charge in [-0.05, 0) is 26.2 Å². The van der Waals surface area contributed by atoms with E-state index in [0.29, 0.717) is 5.92 Å². The molecule has 3 unspecified atom stereocenters. The van der Waals surface area contributed by atoms with Crippen molar-refractivity contribution in [1.82, 2.24) is 0 Å². The van der Waals surface area contributed by atoms with Crippen LogP contribution in [0.2, 0.25) is 0 Å². The van der Waals surface area contributed by atoms with E-state index in [4.69, 9.17) is 14.2 Å². The van der Waals surface area contributed by atoms with E-state index in [0.717, 1.165) is 32.5 Å². The summed E-state index contributed by atoms with van der Waals surface area (Å²) in [5.74, 6) is 0.377. The number of ether oxygens (including phenoxy) is 3. The molecule has 0 bridgehead atoms. The van der Waals surface area contributed by atoms with Crippen LogP contribution in [0, 0.1) is 5.92 Å². The summed E-state index contributed by atoms with van der Waals surface area (Å²) in [5.41, 5.74) is 0.00257. The predicted octanol–water partition coefficient (Wildman–Crippen LogP) is 3.02. The fourth-order valence-corrected chi connectivity index (χ4v) is 2.34. The van der Waals surface area contributed by atoms with E-state index in [1.54, 1.807) is 7.11 Å². The summed E-state index contributed by atoms with van der Waals surface area (Å²) in [7, 11) is 1.77. The molecule has 0 spiro atoms. The van der Waals surface area contributed by atoms with Crippen LogP contribution in [-0.4, -0.2) is 38.1 Å². The van der Waals surface area contributed by atoms with E-state index in [2.05, 4.69) is 27.7 Å². The molecule has 0 aliphatic carbocycles. The van der Waals surface area contributed by atoms with Gasteiger partial charge in [0.25, 0.3) is 0 Å². The molecule has 3 heteroatoms. The Hall–Kier alpha value is -0.120. The smallest absolute Gasteiger partial charge is 0.0904 e. The van der Waals surface area contributed by atoms with Gasteiger partial charge in [-0.1, -0.05) is 20.8 Å². The van der Waals surface area contributed by atoms with Gasteiger partial charge in [0.05, 0.1) is 31.0 Å². The number of methoxy groups -OCH3 is 1. The van der Waals surface area contributed by atoms with Gasteiger partial charge >= 0.3 is 0 Å². The lowest BCUT2D eigenvalue weighted by molar-refractivity contribution is -0.0713. The van der Waals surface area contributed by atoms with Gasteiger partial charge in [-0.25, -0.2) is 0 Å². The monoisotopic (exact) mass is 244 g/mol. The second-order valence-corrected chi connectivity index (χ2v) is 5.21. The molecule has 3 atom stereocenters. The first-order valence-electron chi connectivity index (χ1n) is 6.88. The lowest BCUT2D eigenvalue weighted by Crippen LogP contribution is -2.35. The Morgan fingerprint density at radius 1 is 1.24 bits per heavy atom. The van der Waals surface area contributed by atoms with Crippen molar-refractivity contribution in [3.63, 3.8) is 0 Å². The van der Waals surface area contributed by atoms with Gasteiger partial charge in [0.2, 0.25) is 0 Å². The lowest BCUT2D eigenvalue weighted by atomic mass is 9.98. The van der Waals surface area contributed by atoms with Gasteiger partial charge in [-0.2, -0.15) is 0 Å². The third kappa shape index (κ3) is 3.67. The highest BCUT2D eigenvalue weighted by molar-refractivity contribution is 4.85. The number of hydrogen-bond acceptors (Lipinski definition) is 3. The van der Waals surface area contributed by atoms with Crippen LogP contribution in [-0.2, 0) is 14.2 Å². The summed E-state index contributed by atoms with van der Waals surface area (Å²) in [6, 6.07) is 0. The van der Waals surface area contributed by atoms with Gasteiger partial charge in [0.15, 0.2) is 0 Å². The summed E-state index contributed by atoms with van der Waals surface area (Å²) in [4.78, 5) is 0. The zero-order chi connectivity index (χ0) is 12.9. The SMILES string of the molecule is CCC1OCC(COC(C)(CC)CC)C1OC. The molecular formula is C14H28O3. The van der Waals surface area contributed by atoms with E-state index >= 15 is 0 Å². The summed E-state index contributed by atoms with van der Waals surface area (Å²) >= 11 is 0. The number of rotatable bonds is 7. The Balaban J connectivity index is 2.46. The average molecular weight is 244 g/mol. The Labute approximate surface area is 106 Å². The Morgan fingerprint density at radius 3 is 2.35 bits per heavy atom. The normalized spacial score (nSPS) is 29.8. The fourth-order valence-electron chi connectivity index (χ4n) is 2.34. The lowest BCUT2D eigenvalue weighted by Gasteiger charge is -2.30. The van der Waals surface area contributed by atoms with Crippen LogP contribution in [0.25, 0.3) is 0 Å². The van der Waals surface area contributed by atoms with E-state index in [1.165, 1.54) is 0 Å². The fraction of sp³-hybridized carbons (Fsp3) is 1.00. The van der Waals surface area contributed by atoms with E-state index in [-0.39, 0.29) is 17.8 Å². The van der Waals surface area contributed by atoms with Gasteiger partial charge in [0.1, 0.15) is 0 Å². The summed E-state index contributed by atoms with van der Waals surface area (Å²) in [6.07, 6.45) is 3.53. The first-order valence-corrected chi connectivity index (χ1v) is 6.88. The minimum absolute atomic E-state index is 0.00257. The van der Waals surface area contributed by atoms with Crippen molar-refractivity contribution in [3.8, 4) is 0 Å². The third-order valence-corrected chi connectivity index (χ3v) is 4.17. The molecule has 3 nitrogen and oxygen atoms in total. The molecule has 0 N–H and O–H groups in total. The Morgan fingerprint density at radius 2 is 1.88 bits per heavy atom. The van der Waals surface area contributed by atoms with Crippen molar-refractivity contribution < 1.29 is 14.2 Å². The van der Waals surface area contributed by atoms with Crippen molar-refractivity contribution in [2.24, 2.45) is 5.92 Å². The van der Waals surface area contributed by atoms with Gasteiger partial charge in [-0.3, -0.25) is 0 Å². The minimum atomic E-state index is 0.00257. The molecule has 0 radical (unpaired) electrons. The van der Waals surface area contributed by atoms with Crippen LogP contribution in [0.1, 0.15) is 47.0 Å². The second-order valence-electron chi connectivity index (χ2n) is 5.21. The molecule has 1 aliphatic heterocycles. The van der Waals surface area contributed by atoms with Gasteiger partial charge in [0, 0.05) is 13.0 Å². The molecule has 1 fully saturated rings. The predicted molar refractivity (Wildman–Crippen MR) is 69.3 cm³/mol. The zero-order valence-corrected chi connectivity index (χ0v) is 12.0. The van der Waals surface area contributed by atoms with E-state index < -0.39 is 0 Å². The zero-order valence-electron chi connectivity index (χ0n) is 12.0. The average Bonchev–Trinajstić information content (AvgIpc) is 2.77. The first kappa shape index (κ1) is 14.9. The first-order chi connectivity index (χ1) is 8.10. The second kappa shape index (κ2) is 6.72. The van der Waals surface area contributed by atoms with Crippen molar-refractivity contribution >= 4 is 0 Å². The maximum atomic E-state index is 6.08. The minimum Gasteiger partial charge on any atom is -0.378 e. The van der Waals surface area contributed by atoms with Crippen LogP contribution in [0.5, 0.6) is 0 Å². The van der Waals surface area contributed by atoms with Crippen LogP contribution in [0.3, 0.4) is 0 Å². The molecule has 0 aromatic carbocycles. The Kier molecular flexibility index (Phi) is 5.90. The van der Waals surface area contributed by atoms with Crippen molar-refractivity contribution in [2.75, 3.05) is 20.3 Å². The highest BCUT2D eigenvalue weighted by Gasteiger charge is 2.37. The molecule has 102 valence electrons. The quantitative estimate of drug-likeness (QED) is 0.689.